The molecular formula is C12H26ClN3O3S. The standard InChI is InChI=1S/C12H25N3O3S.ClH/c1-4-14(5-2)19(17,18)9-12(16)15-8-11(7-13)6-10(15)3;/h10-11H,4-9,13H2,1-3H3;1H. The largest absolute Gasteiger partial charge is 0.339 e. The molecule has 1 aliphatic rings. The molecule has 120 valence electrons. The minimum Gasteiger partial charge on any atom is -0.339 e. The van der Waals surface area contributed by atoms with Gasteiger partial charge >= 0.3 is 0 Å². The van der Waals surface area contributed by atoms with Gasteiger partial charge in [-0.1, -0.05) is 13.8 Å². The Morgan fingerprint density at radius 1 is 1.35 bits per heavy atom. The summed E-state index contributed by atoms with van der Waals surface area (Å²) in [5.74, 6) is -0.457. The van der Waals surface area contributed by atoms with Crippen LogP contribution >= 0.6 is 12.4 Å². The first-order valence-corrected chi connectivity index (χ1v) is 8.43. The highest BCUT2D eigenvalue weighted by molar-refractivity contribution is 7.89. The molecule has 1 heterocycles. The van der Waals surface area contributed by atoms with E-state index in [-0.39, 0.29) is 30.3 Å². The van der Waals surface area contributed by atoms with Crippen molar-refractivity contribution < 1.29 is 13.2 Å². The highest BCUT2D eigenvalue weighted by Gasteiger charge is 2.34. The number of nitrogens with zero attached hydrogens (tertiary/aromatic N) is 2. The summed E-state index contributed by atoms with van der Waals surface area (Å²) in [4.78, 5) is 13.8. The van der Waals surface area contributed by atoms with Crippen molar-refractivity contribution in [2.24, 2.45) is 11.7 Å². The summed E-state index contributed by atoms with van der Waals surface area (Å²) >= 11 is 0. The highest BCUT2D eigenvalue weighted by atomic mass is 35.5. The van der Waals surface area contributed by atoms with Crippen molar-refractivity contribution in [1.82, 2.24) is 9.21 Å². The van der Waals surface area contributed by atoms with Gasteiger partial charge in [0.05, 0.1) is 0 Å². The van der Waals surface area contributed by atoms with Crippen LogP contribution in [0.5, 0.6) is 0 Å². The Morgan fingerprint density at radius 2 is 1.90 bits per heavy atom. The molecule has 0 aromatic heterocycles. The lowest BCUT2D eigenvalue weighted by Gasteiger charge is -2.24. The summed E-state index contributed by atoms with van der Waals surface area (Å²) in [6, 6.07) is 0.0768. The van der Waals surface area contributed by atoms with Crippen LogP contribution < -0.4 is 5.73 Å². The minimum atomic E-state index is -3.50. The molecule has 1 aliphatic heterocycles. The van der Waals surface area contributed by atoms with E-state index < -0.39 is 15.8 Å². The van der Waals surface area contributed by atoms with Crippen LogP contribution in [0.15, 0.2) is 0 Å². The zero-order valence-corrected chi connectivity index (χ0v) is 14.0. The Labute approximate surface area is 128 Å². The number of likely N-dealkylation sites (tertiary alicyclic amines) is 1. The molecule has 1 rings (SSSR count). The molecule has 0 spiro atoms. The minimum absolute atomic E-state index is 0. The Hall–Kier alpha value is -0.370. The maximum absolute atomic E-state index is 12.1. The summed E-state index contributed by atoms with van der Waals surface area (Å²) in [6.45, 7) is 7.39. The van der Waals surface area contributed by atoms with Crippen LogP contribution in [0.2, 0.25) is 0 Å². The maximum atomic E-state index is 12.1. The number of rotatable bonds is 6. The summed E-state index contributed by atoms with van der Waals surface area (Å²) in [7, 11) is -3.50. The lowest BCUT2D eigenvalue weighted by Crippen LogP contribution is -2.42. The van der Waals surface area contributed by atoms with Crippen molar-refractivity contribution in [2.75, 3.05) is 31.9 Å². The highest BCUT2D eigenvalue weighted by Crippen LogP contribution is 2.22. The topological polar surface area (TPSA) is 83.7 Å². The van der Waals surface area contributed by atoms with Crippen LogP contribution in [0.4, 0.5) is 0 Å². The fourth-order valence-corrected chi connectivity index (χ4v) is 4.06. The Bertz CT molecular complexity index is 412. The Morgan fingerprint density at radius 3 is 2.30 bits per heavy atom. The van der Waals surface area contributed by atoms with Crippen LogP contribution in [0.25, 0.3) is 0 Å². The van der Waals surface area contributed by atoms with E-state index in [9.17, 15) is 13.2 Å². The summed E-state index contributed by atoms with van der Waals surface area (Å²) in [5.41, 5.74) is 5.61. The van der Waals surface area contributed by atoms with Crippen molar-refractivity contribution in [1.29, 1.82) is 0 Å². The average Bonchev–Trinajstić information content (AvgIpc) is 2.71. The van der Waals surface area contributed by atoms with Crippen molar-refractivity contribution in [2.45, 2.75) is 33.2 Å². The molecule has 6 nitrogen and oxygen atoms in total. The molecule has 8 heteroatoms. The van der Waals surface area contributed by atoms with Gasteiger partial charge in [0.1, 0.15) is 5.75 Å². The fraction of sp³-hybridized carbons (Fsp3) is 0.917. The molecule has 2 N–H and O–H groups in total. The molecular weight excluding hydrogens is 302 g/mol. The predicted octanol–water partition coefficient (Wildman–Crippen LogP) is 0.276. The Kier molecular flexibility index (Phi) is 8.01. The van der Waals surface area contributed by atoms with E-state index >= 15 is 0 Å². The average molecular weight is 328 g/mol. The molecule has 0 saturated carbocycles. The second kappa shape index (κ2) is 8.17. The number of sulfonamides is 1. The van der Waals surface area contributed by atoms with E-state index in [1.54, 1.807) is 18.7 Å². The van der Waals surface area contributed by atoms with Gasteiger partial charge in [-0.25, -0.2) is 12.7 Å². The molecule has 2 unspecified atom stereocenters. The number of carbonyl (C=O) groups is 1. The first-order valence-electron chi connectivity index (χ1n) is 6.83. The number of amides is 1. The third-order valence-corrected chi connectivity index (χ3v) is 5.63. The third-order valence-electron chi connectivity index (χ3n) is 3.72. The lowest BCUT2D eigenvalue weighted by atomic mass is 10.1. The smallest absolute Gasteiger partial charge is 0.239 e. The quantitative estimate of drug-likeness (QED) is 0.759. The monoisotopic (exact) mass is 327 g/mol. The summed E-state index contributed by atoms with van der Waals surface area (Å²) in [6.07, 6.45) is 0.855. The molecule has 1 saturated heterocycles. The first kappa shape index (κ1) is 19.6. The van der Waals surface area contributed by atoms with Gasteiger partial charge in [-0.3, -0.25) is 4.79 Å². The Balaban J connectivity index is 0.00000361. The van der Waals surface area contributed by atoms with E-state index in [1.807, 2.05) is 6.92 Å². The molecule has 0 radical (unpaired) electrons. The van der Waals surface area contributed by atoms with Gasteiger partial charge in [0.2, 0.25) is 15.9 Å². The second-order valence-electron chi connectivity index (χ2n) is 5.07. The predicted molar refractivity (Wildman–Crippen MR) is 82.3 cm³/mol. The van der Waals surface area contributed by atoms with Crippen LogP contribution in [-0.4, -0.2) is 61.5 Å². The van der Waals surface area contributed by atoms with E-state index in [4.69, 9.17) is 5.73 Å². The van der Waals surface area contributed by atoms with Crippen molar-refractivity contribution in [3.8, 4) is 0 Å². The van der Waals surface area contributed by atoms with Gasteiger partial charge in [-0.05, 0) is 25.8 Å². The van der Waals surface area contributed by atoms with Crippen LogP contribution in [0, 0.1) is 5.92 Å². The lowest BCUT2D eigenvalue weighted by molar-refractivity contribution is -0.129. The van der Waals surface area contributed by atoms with E-state index in [0.717, 1.165) is 6.42 Å². The third kappa shape index (κ3) is 4.58. The van der Waals surface area contributed by atoms with Gasteiger partial charge < -0.3 is 10.6 Å². The second-order valence-corrected chi connectivity index (χ2v) is 7.04. The molecule has 1 amide bonds. The normalized spacial score (nSPS) is 22.9. The number of carbonyl (C=O) groups excluding carboxylic acids is 1. The number of halogens is 1. The van der Waals surface area contributed by atoms with Gasteiger partial charge in [0.25, 0.3) is 0 Å². The van der Waals surface area contributed by atoms with Gasteiger partial charge in [-0.15, -0.1) is 12.4 Å². The first-order chi connectivity index (χ1) is 8.85. The molecule has 20 heavy (non-hydrogen) atoms. The van der Waals surface area contributed by atoms with Crippen molar-refractivity contribution >= 4 is 28.3 Å². The summed E-state index contributed by atoms with van der Waals surface area (Å²) in [5, 5.41) is 0. The SMILES string of the molecule is CCN(CC)S(=O)(=O)CC(=O)N1CC(CN)CC1C.Cl. The zero-order chi connectivity index (χ0) is 14.6. The van der Waals surface area contributed by atoms with Crippen LogP contribution in [-0.2, 0) is 14.8 Å². The van der Waals surface area contributed by atoms with Crippen LogP contribution in [0.3, 0.4) is 0 Å². The van der Waals surface area contributed by atoms with Crippen molar-refractivity contribution in [3.05, 3.63) is 0 Å². The summed E-state index contributed by atoms with van der Waals surface area (Å²) < 4.78 is 25.5. The molecule has 0 aromatic rings. The van der Waals surface area contributed by atoms with E-state index in [1.165, 1.54) is 4.31 Å². The molecule has 0 bridgehead atoms. The molecule has 0 aromatic carbocycles. The molecule has 0 aliphatic carbocycles. The fourth-order valence-electron chi connectivity index (χ4n) is 2.61. The molecule has 2 atom stereocenters. The number of hydrogen-bond acceptors (Lipinski definition) is 4. The zero-order valence-electron chi connectivity index (χ0n) is 12.4. The van der Waals surface area contributed by atoms with Gasteiger partial charge in [0.15, 0.2) is 0 Å². The number of nitrogens with two attached hydrogens (primary N) is 1. The van der Waals surface area contributed by atoms with Crippen LogP contribution in [0.1, 0.15) is 27.2 Å². The van der Waals surface area contributed by atoms with Crippen molar-refractivity contribution in [3.63, 3.8) is 0 Å². The molecule has 1 fully saturated rings. The maximum Gasteiger partial charge on any atom is 0.239 e. The van der Waals surface area contributed by atoms with Gasteiger partial charge in [-0.2, -0.15) is 0 Å². The van der Waals surface area contributed by atoms with E-state index in [0.29, 0.717) is 26.2 Å². The number of hydrogen-bond donors (Lipinski definition) is 1. The van der Waals surface area contributed by atoms with E-state index in [2.05, 4.69) is 0 Å². The van der Waals surface area contributed by atoms with Gasteiger partial charge in [0, 0.05) is 25.7 Å².